The van der Waals surface area contributed by atoms with Crippen molar-refractivity contribution in [1.29, 1.82) is 0 Å². The van der Waals surface area contributed by atoms with E-state index in [0.29, 0.717) is 0 Å². The second kappa shape index (κ2) is 4.25. The maximum atomic E-state index is 6.26. The van der Waals surface area contributed by atoms with Gasteiger partial charge in [0.2, 0.25) is 0 Å². The molecule has 0 radical (unpaired) electrons. The average Bonchev–Trinajstić information content (AvgIpc) is 2.80. The van der Waals surface area contributed by atoms with Crippen molar-refractivity contribution in [3.63, 3.8) is 0 Å². The average molecular weight is 308 g/mol. The van der Waals surface area contributed by atoms with Crippen LogP contribution in [0.15, 0.2) is 45.2 Å². The predicted molar refractivity (Wildman–Crippen MR) is 76.0 cm³/mol. The Labute approximate surface area is 112 Å². The molecule has 1 aromatic carbocycles. The first-order valence-electron chi connectivity index (χ1n) is 5.17. The van der Waals surface area contributed by atoms with Crippen molar-refractivity contribution in [1.82, 2.24) is 0 Å². The Hall–Kier alpha value is -1.17. The van der Waals surface area contributed by atoms with Gasteiger partial charge in [-0.15, -0.1) is 11.3 Å². The summed E-state index contributed by atoms with van der Waals surface area (Å²) in [5.41, 5.74) is 8.36. The van der Waals surface area contributed by atoms with Crippen LogP contribution in [0.5, 0.6) is 0 Å². The fourth-order valence-corrected chi connectivity index (χ4v) is 3.12. The number of thiophene rings is 1. The van der Waals surface area contributed by atoms with Crippen molar-refractivity contribution in [3.8, 4) is 0 Å². The Balaban J connectivity index is 2.05. The van der Waals surface area contributed by atoms with Crippen LogP contribution in [0.4, 0.5) is 10.7 Å². The lowest BCUT2D eigenvalue weighted by atomic mass is 10.2. The summed E-state index contributed by atoms with van der Waals surface area (Å²) in [7, 11) is 0. The molecule has 5 heteroatoms. The van der Waals surface area contributed by atoms with Crippen molar-refractivity contribution in [2.75, 3.05) is 4.90 Å². The maximum absolute atomic E-state index is 6.26. The summed E-state index contributed by atoms with van der Waals surface area (Å²) in [6.07, 6.45) is 1.62. The number of benzene rings is 1. The monoisotopic (exact) mass is 307 g/mol. The standard InChI is InChI=1S/C12H10BrN3S/c13-9-3-1-2-4-10(9)16-7-15-12-8(11(16)14)5-6-17-12/h1-7,11H,14H2. The zero-order valence-electron chi connectivity index (χ0n) is 8.88. The lowest BCUT2D eigenvalue weighted by Crippen LogP contribution is -2.35. The molecule has 0 aliphatic carbocycles. The van der Waals surface area contributed by atoms with Crippen LogP contribution in [0, 0.1) is 0 Å². The molecule has 1 atom stereocenters. The number of nitrogens with two attached hydrogens (primary N) is 1. The van der Waals surface area contributed by atoms with Crippen LogP contribution in [-0.4, -0.2) is 6.34 Å². The number of para-hydroxylation sites is 1. The minimum absolute atomic E-state index is 0.174. The van der Waals surface area contributed by atoms with E-state index in [2.05, 4.69) is 20.9 Å². The van der Waals surface area contributed by atoms with Gasteiger partial charge < -0.3 is 10.6 Å². The third-order valence-electron chi connectivity index (χ3n) is 2.72. The molecular formula is C12H10BrN3S. The maximum Gasteiger partial charge on any atom is 0.124 e. The topological polar surface area (TPSA) is 41.6 Å². The van der Waals surface area contributed by atoms with Crippen molar-refractivity contribution in [2.24, 2.45) is 10.7 Å². The number of nitrogens with zero attached hydrogens (tertiary/aromatic N) is 2. The molecule has 17 heavy (non-hydrogen) atoms. The van der Waals surface area contributed by atoms with Crippen LogP contribution < -0.4 is 10.6 Å². The number of fused-ring (bicyclic) bond motifs is 1. The van der Waals surface area contributed by atoms with Gasteiger partial charge in [0, 0.05) is 10.0 Å². The van der Waals surface area contributed by atoms with Crippen molar-refractivity contribution in [2.45, 2.75) is 6.17 Å². The smallest absolute Gasteiger partial charge is 0.124 e. The normalized spacial score (nSPS) is 18.2. The fraction of sp³-hybridized carbons (Fsp3) is 0.0833. The first-order chi connectivity index (χ1) is 8.27. The summed E-state index contributed by atoms with van der Waals surface area (Å²) >= 11 is 5.15. The van der Waals surface area contributed by atoms with Crippen molar-refractivity contribution >= 4 is 44.3 Å². The van der Waals surface area contributed by atoms with E-state index >= 15 is 0 Å². The zero-order valence-corrected chi connectivity index (χ0v) is 11.3. The number of hydrogen-bond acceptors (Lipinski definition) is 4. The quantitative estimate of drug-likeness (QED) is 0.874. The summed E-state index contributed by atoms with van der Waals surface area (Å²) in [5, 5.41) is 3.02. The fourth-order valence-electron chi connectivity index (χ4n) is 1.85. The molecule has 0 spiro atoms. The highest BCUT2D eigenvalue weighted by molar-refractivity contribution is 9.10. The lowest BCUT2D eigenvalue weighted by molar-refractivity contribution is 0.753. The Morgan fingerprint density at radius 1 is 1.29 bits per heavy atom. The van der Waals surface area contributed by atoms with E-state index in [4.69, 9.17) is 5.73 Å². The van der Waals surface area contributed by atoms with Gasteiger partial charge in [-0.25, -0.2) is 4.99 Å². The molecule has 1 aliphatic rings. The summed E-state index contributed by atoms with van der Waals surface area (Å²) in [4.78, 5) is 6.39. The summed E-state index contributed by atoms with van der Waals surface area (Å²) in [6.45, 7) is 0. The van der Waals surface area contributed by atoms with Gasteiger partial charge in [-0.3, -0.25) is 0 Å². The minimum Gasteiger partial charge on any atom is -0.311 e. The molecule has 0 saturated heterocycles. The first kappa shape index (κ1) is 11.0. The number of rotatable bonds is 1. The third kappa shape index (κ3) is 1.80. The Bertz CT molecular complexity index is 579. The van der Waals surface area contributed by atoms with Gasteiger partial charge >= 0.3 is 0 Å². The van der Waals surface area contributed by atoms with Gasteiger partial charge in [-0.1, -0.05) is 12.1 Å². The molecule has 0 fully saturated rings. The highest BCUT2D eigenvalue weighted by Gasteiger charge is 2.23. The Morgan fingerprint density at radius 3 is 2.94 bits per heavy atom. The highest BCUT2D eigenvalue weighted by Crippen LogP contribution is 2.38. The van der Waals surface area contributed by atoms with Gasteiger partial charge in [0.05, 0.1) is 12.0 Å². The third-order valence-corrected chi connectivity index (χ3v) is 4.23. The van der Waals surface area contributed by atoms with Crippen LogP contribution in [0.3, 0.4) is 0 Å². The number of anilines is 1. The summed E-state index contributed by atoms with van der Waals surface area (Å²) in [5.74, 6) is 0. The van der Waals surface area contributed by atoms with Crippen LogP contribution in [0.2, 0.25) is 0 Å². The molecule has 2 aromatic rings. The van der Waals surface area contributed by atoms with Gasteiger partial charge in [-0.05, 0) is 39.5 Å². The molecule has 0 saturated carbocycles. The van der Waals surface area contributed by atoms with E-state index < -0.39 is 0 Å². The van der Waals surface area contributed by atoms with E-state index in [1.165, 1.54) is 0 Å². The number of hydrogen-bond donors (Lipinski definition) is 1. The van der Waals surface area contributed by atoms with Gasteiger partial charge in [-0.2, -0.15) is 0 Å². The Morgan fingerprint density at radius 2 is 2.12 bits per heavy atom. The molecular weight excluding hydrogens is 298 g/mol. The van der Waals surface area contributed by atoms with Crippen LogP contribution in [-0.2, 0) is 0 Å². The van der Waals surface area contributed by atoms with Gasteiger partial charge in [0.25, 0.3) is 0 Å². The molecule has 1 unspecified atom stereocenters. The molecule has 1 aliphatic heterocycles. The first-order valence-corrected chi connectivity index (χ1v) is 6.84. The van der Waals surface area contributed by atoms with Crippen LogP contribution >= 0.6 is 27.3 Å². The van der Waals surface area contributed by atoms with Gasteiger partial charge in [0.15, 0.2) is 0 Å². The SMILES string of the molecule is NC1c2ccsc2N=CN1c1ccccc1Br. The Kier molecular flexibility index (Phi) is 2.74. The summed E-state index contributed by atoms with van der Waals surface area (Å²) in [6, 6.07) is 10.0. The molecule has 3 rings (SSSR count). The minimum atomic E-state index is -0.174. The van der Waals surface area contributed by atoms with E-state index in [0.717, 1.165) is 20.7 Å². The van der Waals surface area contributed by atoms with Crippen LogP contribution in [0.25, 0.3) is 0 Å². The lowest BCUT2D eigenvalue weighted by Gasteiger charge is -2.30. The summed E-state index contributed by atoms with van der Waals surface area (Å²) < 4.78 is 1.01. The highest BCUT2D eigenvalue weighted by atomic mass is 79.9. The zero-order chi connectivity index (χ0) is 11.8. The second-order valence-electron chi connectivity index (χ2n) is 3.73. The molecule has 1 aromatic heterocycles. The van der Waals surface area contributed by atoms with Gasteiger partial charge in [0.1, 0.15) is 11.2 Å². The van der Waals surface area contributed by atoms with E-state index in [1.807, 2.05) is 40.6 Å². The number of aliphatic imine (C=N–C) groups is 1. The molecule has 86 valence electrons. The predicted octanol–water partition coefficient (Wildman–Crippen LogP) is 3.65. The molecule has 0 amide bonds. The van der Waals surface area contributed by atoms with Crippen LogP contribution in [0.1, 0.15) is 11.7 Å². The van der Waals surface area contributed by atoms with E-state index in [9.17, 15) is 0 Å². The van der Waals surface area contributed by atoms with E-state index in [-0.39, 0.29) is 6.17 Å². The molecule has 2 N–H and O–H groups in total. The molecule has 2 heterocycles. The molecule has 0 bridgehead atoms. The molecule has 3 nitrogen and oxygen atoms in total. The second-order valence-corrected chi connectivity index (χ2v) is 5.48. The number of halogens is 1. The van der Waals surface area contributed by atoms with E-state index in [1.54, 1.807) is 17.7 Å². The van der Waals surface area contributed by atoms with Crippen molar-refractivity contribution in [3.05, 3.63) is 45.7 Å². The largest absolute Gasteiger partial charge is 0.311 e. The van der Waals surface area contributed by atoms with Crippen molar-refractivity contribution < 1.29 is 0 Å².